The Morgan fingerprint density at radius 1 is 1.32 bits per heavy atom. The summed E-state index contributed by atoms with van der Waals surface area (Å²) in [6.07, 6.45) is 0.316. The van der Waals surface area contributed by atoms with Crippen LogP contribution in [0.1, 0.15) is 32.9 Å². The van der Waals surface area contributed by atoms with Crippen LogP contribution in [-0.4, -0.2) is 40.6 Å². The number of hydrogen-bond acceptors (Lipinski definition) is 3. The molecular weight excluding hydrogens is 318 g/mol. The van der Waals surface area contributed by atoms with Gasteiger partial charge in [0.1, 0.15) is 5.60 Å². The van der Waals surface area contributed by atoms with E-state index in [0.717, 1.165) is 16.6 Å². The summed E-state index contributed by atoms with van der Waals surface area (Å²) < 4.78 is 5.36. The molecular formula is C19H25N3O3. The second kappa shape index (κ2) is 6.78. The van der Waals surface area contributed by atoms with Crippen LogP contribution >= 0.6 is 0 Å². The molecule has 1 aliphatic heterocycles. The van der Waals surface area contributed by atoms with E-state index in [2.05, 4.69) is 10.3 Å². The lowest BCUT2D eigenvalue weighted by Crippen LogP contribution is -2.37. The molecule has 1 aromatic heterocycles. The molecule has 25 heavy (non-hydrogen) atoms. The number of likely N-dealkylation sites (tertiary alicyclic amines) is 1. The molecule has 0 saturated carbocycles. The van der Waals surface area contributed by atoms with Crippen molar-refractivity contribution in [2.45, 2.75) is 39.3 Å². The molecule has 1 aromatic carbocycles. The molecule has 2 N–H and O–H groups in total. The number of carbonyl (C=O) groups excluding carboxylic acids is 2. The summed E-state index contributed by atoms with van der Waals surface area (Å²) in [7, 11) is 0. The minimum Gasteiger partial charge on any atom is -0.444 e. The van der Waals surface area contributed by atoms with Gasteiger partial charge in [-0.15, -0.1) is 0 Å². The average Bonchev–Trinajstić information content (AvgIpc) is 3.17. The fraction of sp³-hybridized carbons (Fsp3) is 0.474. The van der Waals surface area contributed by atoms with Crippen molar-refractivity contribution in [1.82, 2.24) is 15.2 Å². The van der Waals surface area contributed by atoms with Crippen molar-refractivity contribution in [3.05, 3.63) is 36.0 Å². The zero-order chi connectivity index (χ0) is 18.0. The number of hydrogen-bond donors (Lipinski definition) is 2. The van der Waals surface area contributed by atoms with Crippen molar-refractivity contribution >= 4 is 22.9 Å². The minimum absolute atomic E-state index is 0.0234. The number of H-pyrrole nitrogens is 1. The number of benzene rings is 1. The van der Waals surface area contributed by atoms with E-state index in [1.165, 1.54) is 0 Å². The van der Waals surface area contributed by atoms with Gasteiger partial charge in [0.2, 0.25) is 5.91 Å². The number of aromatic amines is 1. The number of rotatable bonds is 3. The van der Waals surface area contributed by atoms with Crippen molar-refractivity contribution in [1.29, 1.82) is 0 Å². The van der Waals surface area contributed by atoms with Crippen LogP contribution in [-0.2, 0) is 16.1 Å². The van der Waals surface area contributed by atoms with Gasteiger partial charge in [0.05, 0.1) is 12.5 Å². The molecule has 1 fully saturated rings. The molecule has 2 amide bonds. The summed E-state index contributed by atoms with van der Waals surface area (Å²) in [6.45, 7) is 6.94. The van der Waals surface area contributed by atoms with Crippen LogP contribution < -0.4 is 5.32 Å². The molecule has 1 atom stereocenters. The van der Waals surface area contributed by atoms with E-state index in [-0.39, 0.29) is 17.9 Å². The lowest BCUT2D eigenvalue weighted by molar-refractivity contribution is -0.124. The van der Waals surface area contributed by atoms with Gasteiger partial charge < -0.3 is 19.9 Å². The van der Waals surface area contributed by atoms with Gasteiger partial charge in [-0.3, -0.25) is 4.79 Å². The monoisotopic (exact) mass is 343 g/mol. The molecule has 6 heteroatoms. The zero-order valence-electron chi connectivity index (χ0n) is 15.0. The maximum absolute atomic E-state index is 12.4. The molecule has 134 valence electrons. The quantitative estimate of drug-likeness (QED) is 0.899. The molecule has 0 radical (unpaired) electrons. The first-order chi connectivity index (χ1) is 11.8. The standard InChI is InChI=1S/C19H25N3O3/c1-19(2,3)25-18(24)22-9-8-14(12-22)17(23)20-11-15-10-13-6-4-5-7-16(13)21-15/h4-7,10,14,21H,8-9,11-12H2,1-3H3,(H,20,23). The maximum atomic E-state index is 12.4. The van der Waals surface area contributed by atoms with Gasteiger partial charge in [0, 0.05) is 24.3 Å². The predicted octanol–water partition coefficient (Wildman–Crippen LogP) is 3.04. The Balaban J connectivity index is 1.51. The van der Waals surface area contributed by atoms with Gasteiger partial charge in [0.15, 0.2) is 0 Å². The third-order valence-electron chi connectivity index (χ3n) is 4.25. The highest BCUT2D eigenvalue weighted by Gasteiger charge is 2.33. The third kappa shape index (κ3) is 4.32. The van der Waals surface area contributed by atoms with Crippen molar-refractivity contribution < 1.29 is 14.3 Å². The summed E-state index contributed by atoms with van der Waals surface area (Å²) in [4.78, 5) is 29.4. The first kappa shape index (κ1) is 17.3. The molecule has 1 unspecified atom stereocenters. The van der Waals surface area contributed by atoms with Crippen LogP contribution in [0.4, 0.5) is 4.79 Å². The van der Waals surface area contributed by atoms with E-state index >= 15 is 0 Å². The topological polar surface area (TPSA) is 74.4 Å². The summed E-state index contributed by atoms with van der Waals surface area (Å²) in [5.74, 6) is -0.207. The number of nitrogens with zero attached hydrogens (tertiary/aromatic N) is 1. The van der Waals surface area contributed by atoms with Gasteiger partial charge >= 0.3 is 6.09 Å². The largest absolute Gasteiger partial charge is 0.444 e. The lowest BCUT2D eigenvalue weighted by Gasteiger charge is -2.24. The number of ether oxygens (including phenoxy) is 1. The van der Waals surface area contributed by atoms with Crippen molar-refractivity contribution in [2.75, 3.05) is 13.1 Å². The molecule has 1 aliphatic rings. The lowest BCUT2D eigenvalue weighted by atomic mass is 10.1. The Morgan fingerprint density at radius 2 is 2.08 bits per heavy atom. The van der Waals surface area contributed by atoms with E-state index in [9.17, 15) is 9.59 Å². The fourth-order valence-electron chi connectivity index (χ4n) is 3.02. The van der Waals surface area contributed by atoms with Crippen LogP contribution in [0.3, 0.4) is 0 Å². The molecule has 1 saturated heterocycles. The number of aromatic nitrogens is 1. The van der Waals surface area contributed by atoms with E-state index in [1.54, 1.807) is 4.90 Å². The van der Waals surface area contributed by atoms with Gasteiger partial charge in [-0.05, 0) is 44.7 Å². The molecule has 0 bridgehead atoms. The number of carbonyl (C=O) groups is 2. The highest BCUT2D eigenvalue weighted by molar-refractivity contribution is 5.82. The first-order valence-electron chi connectivity index (χ1n) is 8.64. The maximum Gasteiger partial charge on any atom is 0.410 e. The Morgan fingerprint density at radius 3 is 2.80 bits per heavy atom. The Bertz CT molecular complexity index is 743. The Labute approximate surface area is 147 Å². The van der Waals surface area contributed by atoms with E-state index in [1.807, 2.05) is 51.1 Å². The van der Waals surface area contributed by atoms with Gasteiger partial charge in [-0.25, -0.2) is 4.79 Å². The van der Waals surface area contributed by atoms with Crippen LogP contribution in [0.15, 0.2) is 30.3 Å². The second-order valence-corrected chi connectivity index (χ2v) is 7.51. The van der Waals surface area contributed by atoms with Gasteiger partial charge in [0.25, 0.3) is 0 Å². The minimum atomic E-state index is -0.521. The van der Waals surface area contributed by atoms with Crippen LogP contribution in [0.25, 0.3) is 10.9 Å². The zero-order valence-corrected chi connectivity index (χ0v) is 15.0. The highest BCUT2D eigenvalue weighted by Crippen LogP contribution is 2.20. The van der Waals surface area contributed by atoms with E-state index in [4.69, 9.17) is 4.74 Å². The van der Waals surface area contributed by atoms with E-state index in [0.29, 0.717) is 26.1 Å². The normalized spacial score (nSPS) is 17.7. The van der Waals surface area contributed by atoms with Gasteiger partial charge in [-0.1, -0.05) is 18.2 Å². The number of fused-ring (bicyclic) bond motifs is 1. The summed E-state index contributed by atoms with van der Waals surface area (Å²) in [5.41, 5.74) is 1.51. The smallest absolute Gasteiger partial charge is 0.410 e. The third-order valence-corrected chi connectivity index (χ3v) is 4.25. The van der Waals surface area contributed by atoms with Crippen molar-refractivity contribution in [3.8, 4) is 0 Å². The second-order valence-electron chi connectivity index (χ2n) is 7.51. The molecule has 2 aromatic rings. The summed E-state index contributed by atoms with van der Waals surface area (Å²) in [5, 5.41) is 4.09. The number of nitrogens with one attached hydrogen (secondary N) is 2. The van der Waals surface area contributed by atoms with Crippen LogP contribution in [0.5, 0.6) is 0 Å². The van der Waals surface area contributed by atoms with Crippen LogP contribution in [0, 0.1) is 5.92 Å². The Kier molecular flexibility index (Phi) is 4.70. The first-order valence-corrected chi connectivity index (χ1v) is 8.64. The fourth-order valence-corrected chi connectivity index (χ4v) is 3.02. The highest BCUT2D eigenvalue weighted by atomic mass is 16.6. The molecule has 0 aliphatic carbocycles. The van der Waals surface area contributed by atoms with E-state index < -0.39 is 5.60 Å². The van der Waals surface area contributed by atoms with Crippen molar-refractivity contribution in [2.24, 2.45) is 5.92 Å². The van der Waals surface area contributed by atoms with Crippen molar-refractivity contribution in [3.63, 3.8) is 0 Å². The molecule has 0 spiro atoms. The SMILES string of the molecule is CC(C)(C)OC(=O)N1CCC(C(=O)NCc2cc3ccccc3[nH]2)C1. The summed E-state index contributed by atoms with van der Waals surface area (Å²) >= 11 is 0. The number of para-hydroxylation sites is 1. The molecule has 2 heterocycles. The average molecular weight is 343 g/mol. The summed E-state index contributed by atoms with van der Waals surface area (Å²) in [6, 6.07) is 10.0. The predicted molar refractivity (Wildman–Crippen MR) is 96.1 cm³/mol. The number of amides is 2. The Hall–Kier alpha value is -2.50. The van der Waals surface area contributed by atoms with Gasteiger partial charge in [-0.2, -0.15) is 0 Å². The molecule has 3 rings (SSSR count). The van der Waals surface area contributed by atoms with Crippen LogP contribution in [0.2, 0.25) is 0 Å². The molecule has 6 nitrogen and oxygen atoms in total.